The number of nitrogens with zero attached hydrogens (tertiary/aromatic N) is 2. The highest BCUT2D eigenvalue weighted by Gasteiger charge is 2.21. The Morgan fingerprint density at radius 3 is 2.94 bits per heavy atom. The van der Waals surface area contributed by atoms with Crippen molar-refractivity contribution in [2.45, 2.75) is 29.7 Å². The molecule has 0 radical (unpaired) electrons. The van der Waals surface area contributed by atoms with Gasteiger partial charge in [-0.15, -0.1) is 11.3 Å². The molecule has 0 fully saturated rings. The number of thiophene rings is 1. The van der Waals surface area contributed by atoms with Crippen LogP contribution in [0.15, 0.2) is 41.1 Å². The molecule has 2 aromatic rings. The molecular formula is C12H15N3S2. The second-order valence-corrected chi connectivity index (χ2v) is 5.81. The molecule has 0 aliphatic carbocycles. The lowest BCUT2D eigenvalue weighted by Crippen LogP contribution is -2.25. The molecule has 0 spiro atoms. The van der Waals surface area contributed by atoms with Crippen molar-refractivity contribution in [1.82, 2.24) is 9.97 Å². The second-order valence-electron chi connectivity index (χ2n) is 3.67. The molecule has 2 unspecified atom stereocenters. The molecule has 2 heterocycles. The Morgan fingerprint density at radius 2 is 2.35 bits per heavy atom. The standard InChI is InChI=1S/C12H15N3S2/c1-2-9(13)12(10-4-3-7-16-10)17-11-5-6-14-8-15-11/h3-9,12H,2,13H2,1H3. The third-order valence-electron chi connectivity index (χ3n) is 2.49. The molecule has 2 N–H and O–H groups in total. The number of hydrogen-bond acceptors (Lipinski definition) is 5. The van der Waals surface area contributed by atoms with Crippen LogP contribution in [0.2, 0.25) is 0 Å². The van der Waals surface area contributed by atoms with Crippen molar-refractivity contribution in [3.8, 4) is 0 Å². The molecule has 17 heavy (non-hydrogen) atoms. The highest BCUT2D eigenvalue weighted by molar-refractivity contribution is 7.99. The maximum Gasteiger partial charge on any atom is 0.116 e. The average molecular weight is 265 g/mol. The number of rotatable bonds is 5. The Hall–Kier alpha value is -0.910. The maximum atomic E-state index is 6.20. The van der Waals surface area contributed by atoms with Crippen molar-refractivity contribution in [2.75, 3.05) is 0 Å². The van der Waals surface area contributed by atoms with Crippen LogP contribution in [0, 0.1) is 0 Å². The van der Waals surface area contributed by atoms with E-state index < -0.39 is 0 Å². The van der Waals surface area contributed by atoms with Crippen LogP contribution < -0.4 is 5.73 Å². The van der Waals surface area contributed by atoms with Crippen molar-refractivity contribution < 1.29 is 0 Å². The molecule has 0 saturated heterocycles. The van der Waals surface area contributed by atoms with E-state index in [1.165, 1.54) is 4.88 Å². The molecule has 0 aliphatic rings. The van der Waals surface area contributed by atoms with Crippen molar-refractivity contribution in [3.05, 3.63) is 41.0 Å². The Morgan fingerprint density at radius 1 is 1.47 bits per heavy atom. The van der Waals surface area contributed by atoms with Gasteiger partial charge in [-0.2, -0.15) is 0 Å². The summed E-state index contributed by atoms with van der Waals surface area (Å²) in [6.07, 6.45) is 4.30. The second kappa shape index (κ2) is 6.14. The van der Waals surface area contributed by atoms with Crippen LogP contribution >= 0.6 is 23.1 Å². The maximum absolute atomic E-state index is 6.20. The number of thioether (sulfide) groups is 1. The van der Waals surface area contributed by atoms with Crippen LogP contribution in [0.25, 0.3) is 0 Å². The van der Waals surface area contributed by atoms with Gasteiger partial charge < -0.3 is 5.73 Å². The highest BCUT2D eigenvalue weighted by Crippen LogP contribution is 2.38. The Labute approximate surface area is 109 Å². The zero-order valence-corrected chi connectivity index (χ0v) is 11.2. The molecular weight excluding hydrogens is 250 g/mol. The largest absolute Gasteiger partial charge is 0.326 e. The van der Waals surface area contributed by atoms with E-state index in [0.29, 0.717) is 0 Å². The van der Waals surface area contributed by atoms with Crippen molar-refractivity contribution in [2.24, 2.45) is 5.73 Å². The summed E-state index contributed by atoms with van der Waals surface area (Å²) >= 11 is 3.46. The number of aromatic nitrogens is 2. The predicted octanol–water partition coefficient (Wildman–Crippen LogP) is 3.11. The molecule has 0 saturated carbocycles. The smallest absolute Gasteiger partial charge is 0.116 e. The van der Waals surface area contributed by atoms with Gasteiger partial charge >= 0.3 is 0 Å². The minimum absolute atomic E-state index is 0.147. The molecule has 90 valence electrons. The van der Waals surface area contributed by atoms with Gasteiger partial charge in [0.25, 0.3) is 0 Å². The molecule has 0 aromatic carbocycles. The van der Waals surface area contributed by atoms with E-state index in [-0.39, 0.29) is 11.3 Å². The van der Waals surface area contributed by atoms with Gasteiger partial charge in [0, 0.05) is 17.1 Å². The lowest BCUT2D eigenvalue weighted by atomic mass is 10.1. The SMILES string of the molecule is CCC(N)C(Sc1ccncn1)c1cccs1. The topological polar surface area (TPSA) is 51.8 Å². The van der Waals surface area contributed by atoms with E-state index in [1.54, 1.807) is 35.6 Å². The summed E-state index contributed by atoms with van der Waals surface area (Å²) in [6, 6.07) is 6.27. The third kappa shape index (κ3) is 3.28. The lowest BCUT2D eigenvalue weighted by Gasteiger charge is -2.20. The van der Waals surface area contributed by atoms with E-state index in [2.05, 4.69) is 34.4 Å². The van der Waals surface area contributed by atoms with Crippen LogP contribution in [-0.4, -0.2) is 16.0 Å². The summed E-state index contributed by atoms with van der Waals surface area (Å²) in [6.45, 7) is 2.12. The minimum atomic E-state index is 0.147. The number of nitrogens with two attached hydrogens (primary N) is 1. The van der Waals surface area contributed by atoms with Crippen LogP contribution in [0.1, 0.15) is 23.5 Å². The molecule has 2 aromatic heterocycles. The molecule has 0 amide bonds. The predicted molar refractivity (Wildman–Crippen MR) is 73.2 cm³/mol. The molecule has 3 nitrogen and oxygen atoms in total. The molecule has 2 atom stereocenters. The van der Waals surface area contributed by atoms with Gasteiger partial charge in [-0.05, 0) is 23.9 Å². The summed E-state index contributed by atoms with van der Waals surface area (Å²) in [5, 5.41) is 3.34. The number of hydrogen-bond donors (Lipinski definition) is 1. The average Bonchev–Trinajstić information content (AvgIpc) is 2.90. The molecule has 2 rings (SSSR count). The summed E-state index contributed by atoms with van der Waals surface area (Å²) in [4.78, 5) is 9.48. The summed E-state index contributed by atoms with van der Waals surface area (Å²) < 4.78 is 0. The van der Waals surface area contributed by atoms with Gasteiger partial charge in [0.2, 0.25) is 0 Å². The zero-order chi connectivity index (χ0) is 12.1. The van der Waals surface area contributed by atoms with Gasteiger partial charge in [0.1, 0.15) is 11.4 Å². The quantitative estimate of drug-likeness (QED) is 0.666. The zero-order valence-electron chi connectivity index (χ0n) is 9.61. The van der Waals surface area contributed by atoms with E-state index >= 15 is 0 Å². The van der Waals surface area contributed by atoms with E-state index in [1.807, 2.05) is 6.07 Å². The lowest BCUT2D eigenvalue weighted by molar-refractivity contribution is 0.639. The monoisotopic (exact) mass is 265 g/mol. The molecule has 0 aliphatic heterocycles. The van der Waals surface area contributed by atoms with Gasteiger partial charge in [0.05, 0.1) is 5.25 Å². The minimum Gasteiger partial charge on any atom is -0.326 e. The fourth-order valence-electron chi connectivity index (χ4n) is 1.50. The van der Waals surface area contributed by atoms with E-state index in [9.17, 15) is 0 Å². The Bertz CT molecular complexity index is 430. The van der Waals surface area contributed by atoms with E-state index in [4.69, 9.17) is 5.73 Å². The first-order chi connectivity index (χ1) is 8.31. The van der Waals surface area contributed by atoms with Gasteiger partial charge in [-0.1, -0.05) is 24.8 Å². The van der Waals surface area contributed by atoms with E-state index in [0.717, 1.165) is 11.4 Å². The van der Waals surface area contributed by atoms with Crippen LogP contribution in [0.5, 0.6) is 0 Å². The van der Waals surface area contributed by atoms with Gasteiger partial charge in [-0.3, -0.25) is 0 Å². The molecule has 0 bridgehead atoms. The molecule has 5 heteroatoms. The first-order valence-electron chi connectivity index (χ1n) is 5.53. The fourth-order valence-corrected chi connectivity index (χ4v) is 3.66. The Balaban J connectivity index is 2.17. The third-order valence-corrected chi connectivity index (χ3v) is 4.93. The van der Waals surface area contributed by atoms with Crippen LogP contribution in [-0.2, 0) is 0 Å². The summed E-state index contributed by atoms with van der Waals surface area (Å²) in [7, 11) is 0. The van der Waals surface area contributed by atoms with Crippen LogP contribution in [0.3, 0.4) is 0 Å². The van der Waals surface area contributed by atoms with Crippen molar-refractivity contribution in [1.29, 1.82) is 0 Å². The summed E-state index contributed by atoms with van der Waals surface area (Å²) in [5.74, 6) is 0. The summed E-state index contributed by atoms with van der Waals surface area (Å²) in [5.41, 5.74) is 6.20. The highest BCUT2D eigenvalue weighted by atomic mass is 32.2. The van der Waals surface area contributed by atoms with Crippen molar-refractivity contribution >= 4 is 23.1 Å². The fraction of sp³-hybridized carbons (Fsp3) is 0.333. The van der Waals surface area contributed by atoms with Gasteiger partial charge in [0.15, 0.2) is 0 Å². The van der Waals surface area contributed by atoms with Gasteiger partial charge in [-0.25, -0.2) is 9.97 Å². The first kappa shape index (κ1) is 12.5. The van der Waals surface area contributed by atoms with Crippen molar-refractivity contribution in [3.63, 3.8) is 0 Å². The first-order valence-corrected chi connectivity index (χ1v) is 7.29. The normalized spacial score (nSPS) is 14.5. The Kier molecular flexibility index (Phi) is 4.53. The van der Waals surface area contributed by atoms with Crippen LogP contribution in [0.4, 0.5) is 0 Å².